The molecule has 1 fully saturated rings. The van der Waals surface area contributed by atoms with Crippen molar-refractivity contribution in [3.8, 4) is 0 Å². The zero-order valence-electron chi connectivity index (χ0n) is 52.7. The van der Waals surface area contributed by atoms with Gasteiger partial charge < -0.3 is 90.6 Å². The van der Waals surface area contributed by atoms with Crippen LogP contribution in [0.25, 0.3) is 0 Å². The maximum Gasteiger partial charge on any atom is 0.329 e. The second kappa shape index (κ2) is 39.5. The van der Waals surface area contributed by atoms with Gasteiger partial charge in [0.1, 0.15) is 66.5 Å². The van der Waals surface area contributed by atoms with E-state index in [1.54, 1.807) is 62.4 Å². The number of rotatable bonds is 36. The van der Waals surface area contributed by atoms with Crippen LogP contribution in [0, 0.1) is 23.7 Å². The summed E-state index contributed by atoms with van der Waals surface area (Å²) in [5, 5.41) is 49.6. The van der Waals surface area contributed by atoms with Crippen LogP contribution in [0.3, 0.4) is 0 Å². The maximum atomic E-state index is 14.4. The van der Waals surface area contributed by atoms with E-state index in [0.717, 1.165) is 5.56 Å². The molecule has 0 spiro atoms. The molecule has 1 aliphatic heterocycles. The predicted octanol–water partition coefficient (Wildman–Crippen LogP) is -3.48. The van der Waals surface area contributed by atoms with Crippen LogP contribution in [-0.2, 0) is 68.7 Å². The third-order valence-electron chi connectivity index (χ3n) is 16.0. The molecule has 19 N–H and O–H groups in total. The average molecular weight is 1250 g/mol. The van der Waals surface area contributed by atoms with Crippen molar-refractivity contribution in [2.75, 3.05) is 33.4 Å². The highest BCUT2D eigenvalue weighted by atomic mass is 16.5. The van der Waals surface area contributed by atoms with E-state index >= 15 is 0 Å². The van der Waals surface area contributed by atoms with Crippen molar-refractivity contribution < 1.29 is 72.5 Å². The summed E-state index contributed by atoms with van der Waals surface area (Å²) in [6.45, 7) is 13.1. The Labute approximate surface area is 515 Å². The molecule has 11 amide bonds. The zero-order chi connectivity index (χ0) is 66.4. The topological polar surface area (TPSA) is 465 Å². The molecule has 0 unspecified atom stereocenters. The summed E-state index contributed by atoms with van der Waals surface area (Å²) in [4.78, 5) is 166. The molecule has 1 aromatic rings. The number of carbonyl (C=O) groups is 12. The largest absolute Gasteiger partial charge is 0.458 e. The van der Waals surface area contributed by atoms with E-state index in [4.69, 9.17) is 21.9 Å². The van der Waals surface area contributed by atoms with Crippen LogP contribution in [0.5, 0.6) is 0 Å². The molecular weight excluding hydrogens is 1140 g/mol. The number of benzene rings is 1. The minimum absolute atomic E-state index is 0.0143. The summed E-state index contributed by atoms with van der Waals surface area (Å²) < 4.78 is 5.75. The van der Waals surface area contributed by atoms with Crippen molar-refractivity contribution in [2.24, 2.45) is 40.9 Å². The first-order valence-electron chi connectivity index (χ1n) is 30.6. The Hall–Kier alpha value is -7.34. The molecule has 16 atom stereocenters. The summed E-state index contributed by atoms with van der Waals surface area (Å²) in [5.41, 5.74) is 17.8. The summed E-state index contributed by atoms with van der Waals surface area (Å²) in [6.07, 6.45) is -0.114. The van der Waals surface area contributed by atoms with Crippen molar-refractivity contribution in [3.63, 3.8) is 0 Å². The predicted molar refractivity (Wildman–Crippen MR) is 325 cm³/mol. The van der Waals surface area contributed by atoms with E-state index in [0.29, 0.717) is 25.7 Å². The number of likely N-dealkylation sites (N-methyl/N-ethyl adjacent to an activating group) is 1. The van der Waals surface area contributed by atoms with Crippen LogP contribution in [0.15, 0.2) is 30.3 Å². The molecule has 1 saturated heterocycles. The lowest BCUT2D eigenvalue weighted by molar-refractivity contribution is -0.157. The van der Waals surface area contributed by atoms with Crippen molar-refractivity contribution >= 4 is 70.9 Å². The normalized spacial score (nSPS) is 21.1. The Morgan fingerprint density at radius 3 is 1.43 bits per heavy atom. The van der Waals surface area contributed by atoms with Crippen molar-refractivity contribution in [3.05, 3.63) is 35.9 Å². The van der Waals surface area contributed by atoms with Gasteiger partial charge in [0.25, 0.3) is 0 Å². The van der Waals surface area contributed by atoms with Gasteiger partial charge in [-0.3, -0.25) is 52.7 Å². The Morgan fingerprint density at radius 2 is 0.989 bits per heavy atom. The quantitative estimate of drug-likeness (QED) is 0.0290. The van der Waals surface area contributed by atoms with Gasteiger partial charge in [-0.1, -0.05) is 111 Å². The number of nitrogens with two attached hydrogens (primary N) is 3. The number of amides is 11. The Bertz CT molecular complexity index is 2480. The number of esters is 1. The van der Waals surface area contributed by atoms with E-state index in [9.17, 15) is 67.7 Å². The minimum atomic E-state index is -1.83. The van der Waals surface area contributed by atoms with E-state index in [-0.39, 0.29) is 45.2 Å². The van der Waals surface area contributed by atoms with E-state index in [1.165, 1.54) is 6.92 Å². The number of aliphatic hydroxyl groups is 2. The number of carbonyl (C=O) groups excluding carboxylic acids is 12. The third kappa shape index (κ3) is 24.3. The highest BCUT2D eigenvalue weighted by Crippen LogP contribution is 2.18. The lowest BCUT2D eigenvalue weighted by atomic mass is 9.94. The molecule has 88 heavy (non-hydrogen) atoms. The SMILES string of the molecule is CC[C@@H](C)[C@@H](NC(=O)[C@@H](CCC(N)=O)NC(=O)[C@H](CO)NC(=O)[C@@H](NC(=O)[C@@H](Cc1ccccc1)NC)[C@@H](C)CC)C(=O)N[C@H](C(=O)N[C@@H](CO)C(=O)N[C@H]1C(=O)N[C@@H](CCCN)C(=O)N[C@@H](CCCN)C(=O)N[C@@H]([C@@H](C)CC)C(=O)O[C@H]1C)[C@@H](C)CC. The van der Waals surface area contributed by atoms with Gasteiger partial charge >= 0.3 is 5.97 Å². The highest BCUT2D eigenvalue weighted by Gasteiger charge is 2.41. The summed E-state index contributed by atoms with van der Waals surface area (Å²) in [7, 11) is 1.60. The lowest BCUT2D eigenvalue weighted by Crippen LogP contribution is -2.63. The van der Waals surface area contributed by atoms with E-state index in [1.807, 2.05) is 30.3 Å². The monoisotopic (exact) mass is 1240 g/mol. The second-order valence-electron chi connectivity index (χ2n) is 22.7. The molecule has 1 heterocycles. The molecule has 0 saturated carbocycles. The average Bonchev–Trinajstić information content (AvgIpc) is 3.70. The van der Waals surface area contributed by atoms with Crippen molar-refractivity contribution in [1.29, 1.82) is 0 Å². The fourth-order valence-corrected chi connectivity index (χ4v) is 9.38. The first kappa shape index (κ1) is 76.8. The minimum Gasteiger partial charge on any atom is -0.458 e. The number of hydrogen-bond donors (Lipinski definition) is 16. The standard InChI is InChI=1S/C59H100N14O15/c1-11-31(5)44(70-52(80)40(63-10)28-36-20-16-15-17-21-36)55(83)67-41(29-74)53(81)65-39(24-25-43(62)76)51(79)69-46(33(7)13-3)57(85)71-45(32(6)12-2)56(84)68-42(30-75)54(82)73-48-35(9)88-59(87)47(34(8)14-4)72-50(78)38(23-19-27-61)64-49(77)37(22-18-26-60)66-58(48)86/h15-17,20-21,31-35,37-42,44-48,63,74-75H,11-14,18-19,22-30,60-61H2,1-10H3,(H2,62,76)(H,64,77)(H,65,81)(H,66,86)(H,67,83)(H,68,84)(H,69,79)(H,70,80)(H,71,85)(H,72,78)(H,73,82)/t31-,32-,33+,34-,35-,37-,38-,39+,40+,41-,42-,44-,45-,46+,47-,48+/m0/s1. The number of primary amides is 1. The summed E-state index contributed by atoms with van der Waals surface area (Å²) >= 11 is 0. The maximum absolute atomic E-state index is 14.4. The molecule has 0 aromatic heterocycles. The Morgan fingerprint density at radius 1 is 0.568 bits per heavy atom. The van der Waals surface area contributed by atoms with E-state index in [2.05, 4.69) is 58.5 Å². The van der Waals surface area contributed by atoms with Crippen LogP contribution < -0.4 is 75.7 Å². The number of aliphatic hydroxyl groups excluding tert-OH is 2. The molecule has 0 radical (unpaired) electrons. The fourth-order valence-electron chi connectivity index (χ4n) is 9.38. The number of ether oxygens (including phenoxy) is 1. The summed E-state index contributed by atoms with van der Waals surface area (Å²) in [5.74, 6) is -13.1. The molecule has 0 bridgehead atoms. The first-order chi connectivity index (χ1) is 41.7. The molecule has 1 aliphatic rings. The van der Waals surface area contributed by atoms with Gasteiger partial charge in [0, 0.05) is 6.42 Å². The van der Waals surface area contributed by atoms with Crippen LogP contribution in [0.4, 0.5) is 0 Å². The number of nitrogens with one attached hydrogen (secondary N) is 11. The van der Waals surface area contributed by atoms with Crippen molar-refractivity contribution in [1.82, 2.24) is 58.5 Å². The smallest absolute Gasteiger partial charge is 0.329 e. The molecule has 1 aromatic carbocycles. The molecule has 2 rings (SSSR count). The highest BCUT2D eigenvalue weighted by molar-refractivity contribution is 5.99. The summed E-state index contributed by atoms with van der Waals surface area (Å²) in [6, 6.07) is -6.28. The number of cyclic esters (lactones) is 1. The Kier molecular flexibility index (Phi) is 34.5. The first-order valence-corrected chi connectivity index (χ1v) is 30.6. The Balaban J connectivity index is 2.45. The second-order valence-corrected chi connectivity index (χ2v) is 22.7. The van der Waals surface area contributed by atoms with Gasteiger partial charge in [-0.15, -0.1) is 0 Å². The van der Waals surface area contributed by atoms with Crippen LogP contribution >= 0.6 is 0 Å². The van der Waals surface area contributed by atoms with E-state index < -0.39 is 193 Å². The van der Waals surface area contributed by atoms with Crippen molar-refractivity contribution in [2.45, 2.75) is 206 Å². The lowest BCUT2D eigenvalue weighted by Gasteiger charge is -2.31. The molecule has 29 nitrogen and oxygen atoms in total. The third-order valence-corrected chi connectivity index (χ3v) is 16.0. The molecule has 0 aliphatic carbocycles. The molecular formula is C59H100N14O15. The molecule has 496 valence electrons. The van der Waals surface area contributed by atoms with Crippen LogP contribution in [0.1, 0.15) is 132 Å². The fraction of sp³-hybridized carbons (Fsp3) is 0.695. The zero-order valence-corrected chi connectivity index (χ0v) is 52.7. The number of hydrogen-bond acceptors (Lipinski definition) is 18. The van der Waals surface area contributed by atoms with Gasteiger partial charge in [0.2, 0.25) is 65.0 Å². The molecule has 29 heteroatoms. The van der Waals surface area contributed by atoms with Gasteiger partial charge in [0.05, 0.1) is 19.3 Å². The van der Waals surface area contributed by atoms with Crippen LogP contribution in [-0.4, -0.2) is 187 Å². The van der Waals surface area contributed by atoms with Crippen LogP contribution in [0.2, 0.25) is 0 Å². The van der Waals surface area contributed by atoms with Gasteiger partial charge in [-0.25, -0.2) is 4.79 Å². The van der Waals surface area contributed by atoms with Gasteiger partial charge in [-0.2, -0.15) is 0 Å². The van der Waals surface area contributed by atoms with Gasteiger partial charge in [-0.05, 0) is 94.8 Å². The van der Waals surface area contributed by atoms with Gasteiger partial charge in [0.15, 0.2) is 0 Å².